The molecule has 0 atom stereocenters. The SMILES string of the molecule is COC/C(O)=C(\N=Nc1cc(F)c(N2CCOCC2)cc1F)C(=O)OC. The third kappa shape index (κ3) is 4.73. The van der Waals surface area contributed by atoms with Crippen LogP contribution in [0.4, 0.5) is 20.2 Å². The van der Waals surface area contributed by atoms with Crippen molar-refractivity contribution in [3.8, 4) is 0 Å². The third-order valence-electron chi connectivity index (χ3n) is 3.56. The summed E-state index contributed by atoms with van der Waals surface area (Å²) in [6.07, 6.45) is 0. The Labute approximate surface area is 148 Å². The predicted octanol–water partition coefficient (Wildman–Crippen LogP) is 2.47. The van der Waals surface area contributed by atoms with Gasteiger partial charge in [-0.15, -0.1) is 10.2 Å². The van der Waals surface area contributed by atoms with Crippen LogP contribution in [-0.2, 0) is 19.0 Å². The summed E-state index contributed by atoms with van der Waals surface area (Å²) in [6.45, 7) is 1.41. The minimum atomic E-state index is -0.992. The molecule has 1 aromatic carbocycles. The molecule has 1 aliphatic heterocycles. The molecule has 26 heavy (non-hydrogen) atoms. The highest BCUT2D eigenvalue weighted by Gasteiger charge is 2.19. The van der Waals surface area contributed by atoms with E-state index in [1.807, 2.05) is 0 Å². The number of rotatable bonds is 6. The van der Waals surface area contributed by atoms with Crippen LogP contribution in [-0.4, -0.2) is 58.2 Å². The van der Waals surface area contributed by atoms with Crippen LogP contribution in [0.25, 0.3) is 0 Å². The van der Waals surface area contributed by atoms with Crippen molar-refractivity contribution in [3.63, 3.8) is 0 Å². The fourth-order valence-electron chi connectivity index (χ4n) is 2.27. The quantitative estimate of drug-likeness (QED) is 0.357. The highest BCUT2D eigenvalue weighted by Crippen LogP contribution is 2.29. The number of ether oxygens (including phenoxy) is 3. The van der Waals surface area contributed by atoms with Crippen molar-refractivity contribution < 1.29 is 32.9 Å². The Balaban J connectivity index is 2.30. The summed E-state index contributed by atoms with van der Waals surface area (Å²) in [5.41, 5.74) is -0.895. The zero-order valence-electron chi connectivity index (χ0n) is 14.4. The van der Waals surface area contributed by atoms with E-state index in [9.17, 15) is 18.7 Å². The number of aliphatic hydroxyl groups excluding tert-OH is 1. The summed E-state index contributed by atoms with van der Waals surface area (Å²) in [6, 6.07) is 1.87. The van der Waals surface area contributed by atoms with E-state index in [0.717, 1.165) is 19.2 Å². The largest absolute Gasteiger partial charge is 0.507 e. The number of hydrogen-bond acceptors (Lipinski definition) is 8. The van der Waals surface area contributed by atoms with Crippen molar-refractivity contribution in [1.29, 1.82) is 0 Å². The number of carbonyl (C=O) groups is 1. The molecule has 1 aromatic rings. The Morgan fingerprint density at radius 2 is 1.96 bits per heavy atom. The number of nitrogens with zero attached hydrogens (tertiary/aromatic N) is 3. The number of hydrogen-bond donors (Lipinski definition) is 1. The highest BCUT2D eigenvalue weighted by molar-refractivity contribution is 5.88. The molecule has 2 rings (SSSR count). The minimum Gasteiger partial charge on any atom is -0.507 e. The average molecular weight is 371 g/mol. The Morgan fingerprint density at radius 3 is 2.58 bits per heavy atom. The van der Waals surface area contributed by atoms with Gasteiger partial charge in [0, 0.05) is 32.3 Å². The van der Waals surface area contributed by atoms with E-state index in [1.54, 1.807) is 4.90 Å². The Bertz CT molecular complexity index is 718. The Hall–Kier alpha value is -2.59. The molecule has 8 nitrogen and oxygen atoms in total. The second-order valence-corrected chi connectivity index (χ2v) is 5.27. The first-order valence-corrected chi connectivity index (χ1v) is 7.70. The third-order valence-corrected chi connectivity index (χ3v) is 3.56. The first-order chi connectivity index (χ1) is 12.5. The molecule has 1 N–H and O–H groups in total. The number of esters is 1. The first-order valence-electron chi connectivity index (χ1n) is 7.70. The molecular formula is C16H19F2N3O5. The molecule has 1 aliphatic rings. The lowest BCUT2D eigenvalue weighted by Gasteiger charge is -2.29. The van der Waals surface area contributed by atoms with E-state index < -0.39 is 34.7 Å². The lowest BCUT2D eigenvalue weighted by molar-refractivity contribution is -0.136. The lowest BCUT2D eigenvalue weighted by atomic mass is 10.2. The lowest BCUT2D eigenvalue weighted by Crippen LogP contribution is -2.36. The molecule has 0 saturated carbocycles. The molecule has 1 fully saturated rings. The average Bonchev–Trinajstić information content (AvgIpc) is 2.64. The van der Waals surface area contributed by atoms with Crippen molar-refractivity contribution in [2.24, 2.45) is 10.2 Å². The topological polar surface area (TPSA) is 93.0 Å². The molecule has 0 aliphatic carbocycles. The number of halogens is 2. The molecule has 0 radical (unpaired) electrons. The highest BCUT2D eigenvalue weighted by atomic mass is 19.1. The van der Waals surface area contributed by atoms with Crippen LogP contribution in [0.3, 0.4) is 0 Å². The predicted molar refractivity (Wildman–Crippen MR) is 87.5 cm³/mol. The molecular weight excluding hydrogens is 352 g/mol. The van der Waals surface area contributed by atoms with Gasteiger partial charge in [-0.2, -0.15) is 0 Å². The number of anilines is 1. The van der Waals surface area contributed by atoms with Gasteiger partial charge in [0.1, 0.15) is 18.1 Å². The van der Waals surface area contributed by atoms with Crippen LogP contribution in [0.1, 0.15) is 0 Å². The van der Waals surface area contributed by atoms with Crippen molar-refractivity contribution in [1.82, 2.24) is 0 Å². The molecule has 0 amide bonds. The van der Waals surface area contributed by atoms with Gasteiger partial charge in [-0.05, 0) is 0 Å². The maximum atomic E-state index is 14.3. The van der Waals surface area contributed by atoms with Crippen molar-refractivity contribution in [2.75, 3.05) is 52.0 Å². The van der Waals surface area contributed by atoms with Crippen LogP contribution in [0.15, 0.2) is 33.8 Å². The summed E-state index contributed by atoms with van der Waals surface area (Å²) in [7, 11) is 2.37. The van der Waals surface area contributed by atoms with Gasteiger partial charge in [0.05, 0.1) is 26.0 Å². The Kier molecular flexibility index (Phi) is 6.98. The van der Waals surface area contributed by atoms with Crippen LogP contribution < -0.4 is 4.90 Å². The first kappa shape index (κ1) is 19.7. The summed E-state index contributed by atoms with van der Waals surface area (Å²) < 4.78 is 42.9. The molecule has 1 saturated heterocycles. The zero-order chi connectivity index (χ0) is 19.1. The molecule has 142 valence electrons. The van der Waals surface area contributed by atoms with Gasteiger partial charge in [-0.3, -0.25) is 0 Å². The maximum absolute atomic E-state index is 14.3. The summed E-state index contributed by atoms with van der Waals surface area (Å²) in [5.74, 6) is -3.05. The van der Waals surface area contributed by atoms with Crippen LogP contribution in [0.2, 0.25) is 0 Å². The maximum Gasteiger partial charge on any atom is 0.362 e. The second kappa shape index (κ2) is 9.20. The summed E-state index contributed by atoms with van der Waals surface area (Å²) in [5, 5.41) is 16.7. The molecule has 10 heteroatoms. The summed E-state index contributed by atoms with van der Waals surface area (Å²) in [4.78, 5) is 13.3. The van der Waals surface area contributed by atoms with Gasteiger partial charge < -0.3 is 24.2 Å². The van der Waals surface area contributed by atoms with Crippen LogP contribution >= 0.6 is 0 Å². The van der Waals surface area contributed by atoms with Crippen molar-refractivity contribution in [3.05, 3.63) is 35.2 Å². The molecule has 0 unspecified atom stereocenters. The van der Waals surface area contributed by atoms with E-state index in [2.05, 4.69) is 19.7 Å². The van der Waals surface area contributed by atoms with Gasteiger partial charge in [-0.25, -0.2) is 13.6 Å². The minimum absolute atomic E-state index is 0.0933. The summed E-state index contributed by atoms with van der Waals surface area (Å²) >= 11 is 0. The monoisotopic (exact) mass is 371 g/mol. The smallest absolute Gasteiger partial charge is 0.362 e. The van der Waals surface area contributed by atoms with Crippen LogP contribution in [0.5, 0.6) is 0 Å². The molecule has 0 spiro atoms. The number of carbonyl (C=O) groups excluding carboxylic acids is 1. The van der Waals surface area contributed by atoms with Gasteiger partial charge in [0.2, 0.25) is 5.70 Å². The fraction of sp³-hybridized carbons (Fsp3) is 0.438. The van der Waals surface area contributed by atoms with E-state index >= 15 is 0 Å². The molecule has 0 aromatic heterocycles. The number of morpholine rings is 1. The number of azo groups is 1. The van der Waals surface area contributed by atoms with Gasteiger partial charge in [0.25, 0.3) is 0 Å². The van der Waals surface area contributed by atoms with Crippen molar-refractivity contribution >= 4 is 17.3 Å². The fourth-order valence-corrected chi connectivity index (χ4v) is 2.27. The van der Waals surface area contributed by atoms with Gasteiger partial charge >= 0.3 is 5.97 Å². The van der Waals surface area contributed by atoms with E-state index in [1.165, 1.54) is 7.11 Å². The van der Waals surface area contributed by atoms with E-state index in [0.29, 0.717) is 26.3 Å². The van der Waals surface area contributed by atoms with Crippen LogP contribution in [0, 0.1) is 11.6 Å². The van der Waals surface area contributed by atoms with Gasteiger partial charge in [-0.1, -0.05) is 0 Å². The normalized spacial score (nSPS) is 15.9. The standard InChI is InChI=1S/C16H19F2N3O5/c1-24-9-14(22)15(16(23)25-2)20-19-12-7-11(18)13(8-10(12)17)21-3-5-26-6-4-21/h7-8,22H,3-6,9H2,1-2H3/b15-14+,20-19?. The second-order valence-electron chi connectivity index (χ2n) is 5.27. The Morgan fingerprint density at radius 1 is 1.27 bits per heavy atom. The van der Waals surface area contributed by atoms with E-state index in [-0.39, 0.29) is 12.3 Å². The number of methoxy groups -OCH3 is 2. The van der Waals surface area contributed by atoms with Gasteiger partial charge in [0.15, 0.2) is 11.6 Å². The van der Waals surface area contributed by atoms with Crippen molar-refractivity contribution in [2.45, 2.75) is 0 Å². The molecule has 0 bridgehead atoms. The van der Waals surface area contributed by atoms with E-state index in [4.69, 9.17) is 4.74 Å². The number of benzene rings is 1. The number of aliphatic hydroxyl groups is 1. The molecule has 1 heterocycles. The zero-order valence-corrected chi connectivity index (χ0v) is 14.4.